The zero-order valence-corrected chi connectivity index (χ0v) is 12.4. The number of hydrogen-bond donors (Lipinski definition) is 2. The average molecular weight is 315 g/mol. The summed E-state index contributed by atoms with van der Waals surface area (Å²) in [5.74, 6) is -1.49. The van der Waals surface area contributed by atoms with Crippen LogP contribution in [0.2, 0.25) is 0 Å². The summed E-state index contributed by atoms with van der Waals surface area (Å²) in [5.41, 5.74) is 1.95. The molecule has 0 bridgehead atoms. The first-order valence-corrected chi connectivity index (χ1v) is 7.49. The molecule has 3 rings (SSSR count). The van der Waals surface area contributed by atoms with Crippen LogP contribution in [0.1, 0.15) is 18.5 Å². The van der Waals surface area contributed by atoms with Gasteiger partial charge in [-0.25, -0.2) is 9.78 Å². The van der Waals surface area contributed by atoms with Gasteiger partial charge in [0.1, 0.15) is 12.1 Å². The molecule has 1 aromatic carbocycles. The van der Waals surface area contributed by atoms with E-state index in [-0.39, 0.29) is 12.3 Å². The first kappa shape index (κ1) is 15.4. The monoisotopic (exact) mass is 315 g/mol. The number of aromatic nitrogens is 2. The Morgan fingerprint density at radius 1 is 1.35 bits per heavy atom. The molecule has 2 atom stereocenters. The highest BCUT2D eigenvalue weighted by molar-refractivity contribution is 5.86. The van der Waals surface area contributed by atoms with E-state index in [1.165, 1.54) is 6.20 Å². The second-order valence-corrected chi connectivity index (χ2v) is 5.46. The van der Waals surface area contributed by atoms with Crippen LogP contribution in [0.25, 0.3) is 11.0 Å². The SMILES string of the molecule is O=C(O)[C@H](Cc1cnc2ccccc2n1)NC(=O)[C@@H]1CCCO1. The Balaban J connectivity index is 1.72. The topological polar surface area (TPSA) is 101 Å². The molecule has 0 unspecified atom stereocenters. The average Bonchev–Trinajstić information content (AvgIpc) is 3.08. The van der Waals surface area contributed by atoms with Gasteiger partial charge in [-0.3, -0.25) is 9.78 Å². The van der Waals surface area contributed by atoms with Crippen molar-refractivity contribution in [2.75, 3.05) is 6.61 Å². The van der Waals surface area contributed by atoms with Crippen LogP contribution in [-0.2, 0) is 20.7 Å². The third kappa shape index (κ3) is 3.62. The minimum Gasteiger partial charge on any atom is -0.480 e. The van der Waals surface area contributed by atoms with E-state index in [4.69, 9.17) is 4.74 Å². The molecule has 0 saturated carbocycles. The summed E-state index contributed by atoms with van der Waals surface area (Å²) in [5, 5.41) is 11.9. The smallest absolute Gasteiger partial charge is 0.326 e. The van der Waals surface area contributed by atoms with Crippen LogP contribution in [0.5, 0.6) is 0 Å². The number of carboxylic acids is 1. The Labute approximate surface area is 132 Å². The predicted molar refractivity (Wildman–Crippen MR) is 81.8 cm³/mol. The number of nitrogens with zero attached hydrogens (tertiary/aromatic N) is 2. The number of para-hydroxylation sites is 2. The van der Waals surface area contributed by atoms with E-state index in [1.807, 2.05) is 24.3 Å². The number of carbonyl (C=O) groups excluding carboxylic acids is 1. The Hall–Kier alpha value is -2.54. The Morgan fingerprint density at radius 2 is 2.13 bits per heavy atom. The second kappa shape index (κ2) is 6.70. The molecule has 2 N–H and O–H groups in total. The molecule has 0 aliphatic carbocycles. The first-order chi connectivity index (χ1) is 11.1. The van der Waals surface area contributed by atoms with E-state index >= 15 is 0 Å². The standard InChI is InChI=1S/C16H17N3O4/c20-15(14-6-3-7-23-14)19-13(16(21)22)8-10-9-17-11-4-1-2-5-12(11)18-10/h1-2,4-5,9,13-14H,3,6-8H2,(H,19,20)(H,21,22)/t13-,14-/m0/s1. The van der Waals surface area contributed by atoms with Crippen molar-refractivity contribution in [1.82, 2.24) is 15.3 Å². The molecule has 0 spiro atoms. The molecular weight excluding hydrogens is 298 g/mol. The molecule has 23 heavy (non-hydrogen) atoms. The molecule has 1 aliphatic rings. The number of hydrogen-bond acceptors (Lipinski definition) is 5. The molecular formula is C16H17N3O4. The third-order valence-electron chi connectivity index (χ3n) is 3.75. The van der Waals surface area contributed by atoms with E-state index in [2.05, 4.69) is 15.3 Å². The lowest BCUT2D eigenvalue weighted by molar-refractivity contribution is -0.143. The van der Waals surface area contributed by atoms with Crippen LogP contribution < -0.4 is 5.32 Å². The number of amides is 1. The molecule has 1 aromatic heterocycles. The lowest BCUT2D eigenvalue weighted by Gasteiger charge is -2.17. The first-order valence-electron chi connectivity index (χ1n) is 7.49. The van der Waals surface area contributed by atoms with Crippen molar-refractivity contribution in [2.24, 2.45) is 0 Å². The Bertz CT molecular complexity index is 728. The summed E-state index contributed by atoms with van der Waals surface area (Å²) in [4.78, 5) is 32.1. The van der Waals surface area contributed by atoms with Crippen molar-refractivity contribution in [2.45, 2.75) is 31.4 Å². The van der Waals surface area contributed by atoms with Gasteiger partial charge >= 0.3 is 5.97 Å². The van der Waals surface area contributed by atoms with Gasteiger partial charge < -0.3 is 15.2 Å². The maximum absolute atomic E-state index is 12.0. The number of carboxylic acid groups (broad SMARTS) is 1. The summed E-state index contributed by atoms with van der Waals surface area (Å²) in [6.45, 7) is 0.534. The highest BCUT2D eigenvalue weighted by Crippen LogP contribution is 2.13. The van der Waals surface area contributed by atoms with Gasteiger partial charge in [-0.05, 0) is 25.0 Å². The minimum absolute atomic E-state index is 0.0750. The lowest BCUT2D eigenvalue weighted by Crippen LogP contribution is -2.46. The highest BCUT2D eigenvalue weighted by atomic mass is 16.5. The predicted octanol–water partition coefficient (Wildman–Crippen LogP) is 0.921. The second-order valence-electron chi connectivity index (χ2n) is 5.46. The Morgan fingerprint density at radius 3 is 2.83 bits per heavy atom. The fourth-order valence-corrected chi connectivity index (χ4v) is 2.55. The van der Waals surface area contributed by atoms with E-state index < -0.39 is 18.1 Å². The van der Waals surface area contributed by atoms with Crippen molar-refractivity contribution in [3.8, 4) is 0 Å². The van der Waals surface area contributed by atoms with Crippen molar-refractivity contribution in [3.63, 3.8) is 0 Å². The van der Waals surface area contributed by atoms with E-state index in [0.29, 0.717) is 24.2 Å². The van der Waals surface area contributed by atoms with Crippen LogP contribution in [0.3, 0.4) is 0 Å². The van der Waals surface area contributed by atoms with Gasteiger partial charge in [-0.2, -0.15) is 0 Å². The van der Waals surface area contributed by atoms with E-state index in [1.54, 1.807) is 0 Å². The van der Waals surface area contributed by atoms with Crippen LogP contribution in [0.15, 0.2) is 30.5 Å². The van der Waals surface area contributed by atoms with Gasteiger partial charge in [0.25, 0.3) is 0 Å². The number of benzene rings is 1. The maximum atomic E-state index is 12.0. The minimum atomic E-state index is -1.11. The molecule has 7 heteroatoms. The van der Waals surface area contributed by atoms with Gasteiger partial charge in [0.15, 0.2) is 0 Å². The molecule has 1 fully saturated rings. The number of rotatable bonds is 5. The summed E-state index contributed by atoms with van der Waals surface area (Å²) in [7, 11) is 0. The number of nitrogens with one attached hydrogen (secondary N) is 1. The van der Waals surface area contributed by atoms with Crippen LogP contribution in [0.4, 0.5) is 0 Å². The number of fused-ring (bicyclic) bond motifs is 1. The van der Waals surface area contributed by atoms with Crippen LogP contribution >= 0.6 is 0 Å². The number of ether oxygens (including phenoxy) is 1. The lowest BCUT2D eigenvalue weighted by atomic mass is 10.1. The largest absolute Gasteiger partial charge is 0.480 e. The third-order valence-corrected chi connectivity index (χ3v) is 3.75. The van der Waals surface area contributed by atoms with Gasteiger partial charge in [0.05, 0.1) is 16.7 Å². The molecule has 1 aliphatic heterocycles. The highest BCUT2D eigenvalue weighted by Gasteiger charge is 2.28. The van der Waals surface area contributed by atoms with Crippen LogP contribution in [0, 0.1) is 0 Å². The molecule has 1 saturated heterocycles. The summed E-state index contributed by atoms with van der Waals surface area (Å²) < 4.78 is 5.27. The van der Waals surface area contributed by atoms with Crippen LogP contribution in [-0.4, -0.2) is 45.7 Å². The summed E-state index contributed by atoms with van der Waals surface area (Å²) >= 11 is 0. The van der Waals surface area contributed by atoms with Gasteiger partial charge in [-0.1, -0.05) is 12.1 Å². The fraction of sp³-hybridized carbons (Fsp3) is 0.375. The molecule has 2 aromatic rings. The summed E-state index contributed by atoms with van der Waals surface area (Å²) in [6, 6.07) is 6.29. The zero-order valence-electron chi connectivity index (χ0n) is 12.4. The van der Waals surface area contributed by atoms with Gasteiger partial charge in [-0.15, -0.1) is 0 Å². The van der Waals surface area contributed by atoms with Crippen molar-refractivity contribution >= 4 is 22.9 Å². The van der Waals surface area contributed by atoms with Crippen molar-refractivity contribution < 1.29 is 19.4 Å². The fourth-order valence-electron chi connectivity index (χ4n) is 2.55. The molecule has 7 nitrogen and oxygen atoms in total. The van der Waals surface area contributed by atoms with E-state index in [9.17, 15) is 14.7 Å². The van der Waals surface area contributed by atoms with Crippen molar-refractivity contribution in [3.05, 3.63) is 36.2 Å². The molecule has 120 valence electrons. The number of carbonyl (C=O) groups is 2. The maximum Gasteiger partial charge on any atom is 0.326 e. The van der Waals surface area contributed by atoms with Crippen molar-refractivity contribution in [1.29, 1.82) is 0 Å². The van der Waals surface area contributed by atoms with Gasteiger partial charge in [0, 0.05) is 19.2 Å². The molecule has 1 amide bonds. The summed E-state index contributed by atoms with van der Waals surface area (Å²) in [6.07, 6.45) is 2.49. The Kier molecular flexibility index (Phi) is 4.47. The van der Waals surface area contributed by atoms with Gasteiger partial charge in [0.2, 0.25) is 5.91 Å². The normalized spacial score (nSPS) is 18.7. The zero-order chi connectivity index (χ0) is 16.2. The van der Waals surface area contributed by atoms with E-state index in [0.717, 1.165) is 11.9 Å². The molecule has 2 heterocycles. The number of aliphatic carboxylic acids is 1. The molecule has 0 radical (unpaired) electrons. The quantitative estimate of drug-likeness (QED) is 0.851.